The first-order valence-corrected chi connectivity index (χ1v) is 8.64. The lowest BCUT2D eigenvalue weighted by atomic mass is 9.85. The molecular formula is C19H29NO4. The van der Waals surface area contributed by atoms with Crippen LogP contribution in [0.3, 0.4) is 0 Å². The second kappa shape index (κ2) is 9.64. The van der Waals surface area contributed by atoms with Crippen molar-refractivity contribution >= 4 is 5.97 Å². The number of hydrogen-bond donors (Lipinski definition) is 0. The van der Waals surface area contributed by atoms with E-state index >= 15 is 0 Å². The Hall–Kier alpha value is -1.59. The lowest BCUT2D eigenvalue weighted by Crippen LogP contribution is -2.38. The zero-order chi connectivity index (χ0) is 17.4. The Morgan fingerprint density at radius 3 is 2.67 bits per heavy atom. The molecule has 1 saturated heterocycles. The Morgan fingerprint density at radius 1 is 1.25 bits per heavy atom. The van der Waals surface area contributed by atoms with Crippen molar-refractivity contribution in [3.8, 4) is 5.75 Å². The maximum absolute atomic E-state index is 11.9. The van der Waals surface area contributed by atoms with E-state index in [1.54, 1.807) is 14.2 Å². The van der Waals surface area contributed by atoms with Gasteiger partial charge in [-0.1, -0.05) is 12.1 Å². The summed E-state index contributed by atoms with van der Waals surface area (Å²) in [7, 11) is 5.46. The van der Waals surface area contributed by atoms with E-state index in [0.29, 0.717) is 32.0 Å². The summed E-state index contributed by atoms with van der Waals surface area (Å²) in [6.45, 7) is 2.14. The number of ether oxygens (including phenoxy) is 3. The van der Waals surface area contributed by atoms with Gasteiger partial charge in [0.15, 0.2) is 0 Å². The molecule has 0 bridgehead atoms. The van der Waals surface area contributed by atoms with E-state index in [9.17, 15) is 4.79 Å². The van der Waals surface area contributed by atoms with Gasteiger partial charge < -0.3 is 14.2 Å². The number of nitrogens with zero attached hydrogens (tertiary/aromatic N) is 1. The standard InChI is InChI=1S/C19H29NO4/c1-20-12-4-6-16(14-24-18(21)7-5-13-22-2)19(20)15-8-10-17(23-3)11-9-15/h8-11,16,19H,4-7,12-14H2,1-3H3/t16-,19+/m0/s1. The van der Waals surface area contributed by atoms with Crippen LogP contribution in [0.2, 0.25) is 0 Å². The molecule has 5 nitrogen and oxygen atoms in total. The molecule has 1 aliphatic heterocycles. The number of carbonyl (C=O) groups excluding carboxylic acids is 1. The molecule has 0 saturated carbocycles. The van der Waals surface area contributed by atoms with E-state index < -0.39 is 0 Å². The van der Waals surface area contributed by atoms with Crippen molar-refractivity contribution in [3.63, 3.8) is 0 Å². The molecule has 1 aromatic carbocycles. The van der Waals surface area contributed by atoms with Crippen molar-refractivity contribution in [1.29, 1.82) is 0 Å². The fourth-order valence-corrected chi connectivity index (χ4v) is 3.39. The Labute approximate surface area is 144 Å². The van der Waals surface area contributed by atoms with Crippen molar-refractivity contribution in [2.75, 3.05) is 41.0 Å². The topological polar surface area (TPSA) is 48.0 Å². The molecule has 134 valence electrons. The Balaban J connectivity index is 1.96. The maximum Gasteiger partial charge on any atom is 0.305 e. The summed E-state index contributed by atoms with van der Waals surface area (Å²) in [5.74, 6) is 1.05. The molecule has 1 fully saturated rings. The minimum absolute atomic E-state index is 0.131. The molecule has 1 heterocycles. The number of methoxy groups -OCH3 is 2. The third-order valence-corrected chi connectivity index (χ3v) is 4.65. The van der Waals surface area contributed by atoms with E-state index in [-0.39, 0.29) is 12.0 Å². The molecule has 2 atom stereocenters. The molecule has 0 unspecified atom stereocenters. The lowest BCUT2D eigenvalue weighted by molar-refractivity contribution is -0.146. The lowest BCUT2D eigenvalue weighted by Gasteiger charge is -2.39. The molecule has 1 aromatic rings. The first-order valence-electron chi connectivity index (χ1n) is 8.64. The number of likely N-dealkylation sites (tertiary alicyclic amines) is 1. The Bertz CT molecular complexity index is 503. The highest BCUT2D eigenvalue weighted by Gasteiger charge is 2.31. The average Bonchev–Trinajstić information content (AvgIpc) is 2.60. The van der Waals surface area contributed by atoms with E-state index in [1.807, 2.05) is 12.1 Å². The number of benzene rings is 1. The van der Waals surface area contributed by atoms with Crippen LogP contribution < -0.4 is 4.74 Å². The summed E-state index contributed by atoms with van der Waals surface area (Å²) >= 11 is 0. The van der Waals surface area contributed by atoms with Crippen LogP contribution in [-0.2, 0) is 14.3 Å². The van der Waals surface area contributed by atoms with Crippen molar-refractivity contribution < 1.29 is 19.0 Å². The smallest absolute Gasteiger partial charge is 0.305 e. The molecule has 0 N–H and O–H groups in total. The van der Waals surface area contributed by atoms with Crippen LogP contribution in [0.5, 0.6) is 5.75 Å². The second-order valence-electron chi connectivity index (χ2n) is 6.38. The molecule has 0 spiro atoms. The van der Waals surface area contributed by atoms with Gasteiger partial charge >= 0.3 is 5.97 Å². The van der Waals surface area contributed by atoms with Gasteiger partial charge in [0.2, 0.25) is 0 Å². The third-order valence-electron chi connectivity index (χ3n) is 4.65. The summed E-state index contributed by atoms with van der Waals surface area (Å²) in [6.07, 6.45) is 3.34. The van der Waals surface area contributed by atoms with Crippen molar-refractivity contribution in [3.05, 3.63) is 29.8 Å². The summed E-state index contributed by atoms with van der Waals surface area (Å²) in [5.41, 5.74) is 1.25. The fourth-order valence-electron chi connectivity index (χ4n) is 3.39. The van der Waals surface area contributed by atoms with Crippen LogP contribution in [0, 0.1) is 5.92 Å². The highest BCUT2D eigenvalue weighted by molar-refractivity contribution is 5.69. The van der Waals surface area contributed by atoms with Crippen molar-refractivity contribution in [2.45, 2.75) is 31.7 Å². The van der Waals surface area contributed by atoms with Gasteiger partial charge in [0, 0.05) is 32.1 Å². The molecule has 1 aliphatic rings. The zero-order valence-corrected chi connectivity index (χ0v) is 15.0. The van der Waals surface area contributed by atoms with Crippen molar-refractivity contribution in [2.24, 2.45) is 5.92 Å². The predicted octanol–water partition coefficient (Wildman–Crippen LogP) is 3.05. The van der Waals surface area contributed by atoms with Crippen LogP contribution in [-0.4, -0.2) is 51.9 Å². The van der Waals surface area contributed by atoms with Gasteiger partial charge in [0.25, 0.3) is 0 Å². The van der Waals surface area contributed by atoms with E-state index in [0.717, 1.165) is 25.1 Å². The minimum Gasteiger partial charge on any atom is -0.497 e. The first kappa shape index (κ1) is 18.7. The minimum atomic E-state index is -0.131. The summed E-state index contributed by atoms with van der Waals surface area (Å²) in [6, 6.07) is 8.48. The summed E-state index contributed by atoms with van der Waals surface area (Å²) in [4.78, 5) is 14.2. The van der Waals surface area contributed by atoms with Gasteiger partial charge in [0.1, 0.15) is 5.75 Å². The van der Waals surface area contributed by atoms with Crippen LogP contribution in [0.1, 0.15) is 37.3 Å². The van der Waals surface area contributed by atoms with Gasteiger partial charge in [-0.25, -0.2) is 0 Å². The molecule has 0 amide bonds. The van der Waals surface area contributed by atoms with Gasteiger partial charge in [0.05, 0.1) is 13.7 Å². The predicted molar refractivity (Wildman–Crippen MR) is 93.2 cm³/mol. The van der Waals surface area contributed by atoms with Crippen LogP contribution >= 0.6 is 0 Å². The second-order valence-corrected chi connectivity index (χ2v) is 6.38. The number of piperidine rings is 1. The molecular weight excluding hydrogens is 306 g/mol. The highest BCUT2D eigenvalue weighted by Crippen LogP contribution is 2.35. The van der Waals surface area contributed by atoms with E-state index in [4.69, 9.17) is 14.2 Å². The Morgan fingerprint density at radius 2 is 2.00 bits per heavy atom. The molecule has 5 heteroatoms. The molecule has 24 heavy (non-hydrogen) atoms. The van der Waals surface area contributed by atoms with E-state index in [1.165, 1.54) is 5.56 Å². The van der Waals surface area contributed by atoms with E-state index in [2.05, 4.69) is 24.1 Å². The average molecular weight is 335 g/mol. The van der Waals surface area contributed by atoms with Gasteiger partial charge in [-0.2, -0.15) is 0 Å². The van der Waals surface area contributed by atoms with Gasteiger partial charge in [-0.05, 0) is 50.6 Å². The number of carbonyl (C=O) groups is 1. The van der Waals surface area contributed by atoms with Gasteiger partial charge in [-0.3, -0.25) is 9.69 Å². The largest absolute Gasteiger partial charge is 0.497 e. The molecule has 0 radical (unpaired) electrons. The molecule has 0 aliphatic carbocycles. The monoisotopic (exact) mass is 335 g/mol. The van der Waals surface area contributed by atoms with Gasteiger partial charge in [-0.15, -0.1) is 0 Å². The molecule has 0 aromatic heterocycles. The molecule has 2 rings (SSSR count). The summed E-state index contributed by atoms with van der Waals surface area (Å²) in [5, 5.41) is 0. The van der Waals surface area contributed by atoms with Crippen LogP contribution in [0.4, 0.5) is 0 Å². The Kier molecular flexibility index (Phi) is 7.53. The first-order chi connectivity index (χ1) is 11.7. The maximum atomic E-state index is 11.9. The SMILES string of the molecule is COCCCC(=O)OC[C@@H]1CCCN(C)[C@@H]1c1ccc(OC)cc1. The van der Waals surface area contributed by atoms with Crippen LogP contribution in [0.15, 0.2) is 24.3 Å². The highest BCUT2D eigenvalue weighted by atomic mass is 16.5. The number of rotatable bonds is 8. The zero-order valence-electron chi connectivity index (χ0n) is 15.0. The van der Waals surface area contributed by atoms with Crippen LogP contribution in [0.25, 0.3) is 0 Å². The summed E-state index contributed by atoms with van der Waals surface area (Å²) < 4.78 is 15.7. The number of esters is 1. The quantitative estimate of drug-likeness (QED) is 0.540. The normalized spacial score (nSPS) is 21.5. The fraction of sp³-hybridized carbons (Fsp3) is 0.632. The van der Waals surface area contributed by atoms with Crippen molar-refractivity contribution in [1.82, 2.24) is 4.90 Å². The third kappa shape index (κ3) is 5.21. The number of hydrogen-bond acceptors (Lipinski definition) is 5.